The predicted octanol–water partition coefficient (Wildman–Crippen LogP) is 2.42. The van der Waals surface area contributed by atoms with E-state index in [4.69, 9.17) is 16.3 Å². The summed E-state index contributed by atoms with van der Waals surface area (Å²) in [5.41, 5.74) is 1.02. The van der Waals surface area contributed by atoms with Gasteiger partial charge in [-0.3, -0.25) is 0 Å². The van der Waals surface area contributed by atoms with Crippen LogP contribution in [0.25, 0.3) is 0 Å². The first kappa shape index (κ1) is 11.2. The van der Waals surface area contributed by atoms with Gasteiger partial charge in [-0.05, 0) is 43.7 Å². The Labute approximate surface area is 106 Å². The molecule has 2 fully saturated rings. The fourth-order valence-electron chi connectivity index (χ4n) is 2.40. The summed E-state index contributed by atoms with van der Waals surface area (Å²) in [7, 11) is 0. The number of rotatable bonds is 3. The normalized spacial score (nSPS) is 28.4. The molecule has 0 aromatic carbocycles. The summed E-state index contributed by atoms with van der Waals surface area (Å²) >= 11 is 5.82. The van der Waals surface area contributed by atoms with Crippen LogP contribution in [0.4, 0.5) is 5.82 Å². The fourth-order valence-corrected chi connectivity index (χ4v) is 2.53. The van der Waals surface area contributed by atoms with Gasteiger partial charge < -0.3 is 10.1 Å². The van der Waals surface area contributed by atoms with Gasteiger partial charge in [0.05, 0.1) is 12.1 Å². The summed E-state index contributed by atoms with van der Waals surface area (Å²) in [5.74, 6) is 1.58. The smallest absolute Gasteiger partial charge is 0.224 e. The van der Waals surface area contributed by atoms with Crippen LogP contribution < -0.4 is 5.32 Å². The van der Waals surface area contributed by atoms with E-state index in [1.54, 1.807) is 6.20 Å². The van der Waals surface area contributed by atoms with Crippen molar-refractivity contribution in [1.29, 1.82) is 0 Å². The van der Waals surface area contributed by atoms with E-state index >= 15 is 0 Å². The minimum atomic E-state index is 0.292. The third-order valence-corrected chi connectivity index (χ3v) is 3.67. The lowest BCUT2D eigenvalue weighted by Gasteiger charge is -2.20. The average molecular weight is 254 g/mol. The van der Waals surface area contributed by atoms with Gasteiger partial charge in [0, 0.05) is 18.4 Å². The highest BCUT2D eigenvalue weighted by Gasteiger charge is 2.40. The van der Waals surface area contributed by atoms with E-state index in [1.165, 1.54) is 12.8 Å². The molecule has 0 amide bonds. The monoisotopic (exact) mass is 253 g/mol. The van der Waals surface area contributed by atoms with Crippen molar-refractivity contribution in [2.45, 2.75) is 38.3 Å². The van der Waals surface area contributed by atoms with Crippen molar-refractivity contribution in [3.63, 3.8) is 0 Å². The standard InChI is InChI=1S/C12H16ClN3O/c1-7-6-14-12(13)16-11(7)15-9-4-5-17-10(9)8-2-3-8/h6,8-10H,2-5H2,1H3,(H,14,15,16). The number of aromatic nitrogens is 2. The maximum atomic E-state index is 5.82. The molecule has 3 rings (SSSR count). The Morgan fingerprint density at radius 1 is 1.41 bits per heavy atom. The number of ether oxygens (including phenoxy) is 1. The van der Waals surface area contributed by atoms with Gasteiger partial charge in [-0.15, -0.1) is 0 Å². The number of halogens is 1. The Morgan fingerprint density at radius 3 is 3.00 bits per heavy atom. The van der Waals surface area contributed by atoms with Crippen molar-refractivity contribution in [1.82, 2.24) is 9.97 Å². The first-order valence-electron chi connectivity index (χ1n) is 6.11. The second kappa shape index (κ2) is 4.42. The molecule has 0 spiro atoms. The lowest BCUT2D eigenvalue weighted by Crippen LogP contribution is -2.31. The highest BCUT2D eigenvalue weighted by molar-refractivity contribution is 6.28. The summed E-state index contributed by atoms with van der Waals surface area (Å²) in [6.45, 7) is 2.83. The molecule has 1 aliphatic heterocycles. The molecule has 2 atom stereocenters. The molecule has 17 heavy (non-hydrogen) atoms. The molecule has 1 N–H and O–H groups in total. The summed E-state index contributed by atoms with van der Waals surface area (Å²) in [4.78, 5) is 8.20. The molecule has 92 valence electrons. The molecule has 0 bridgehead atoms. The van der Waals surface area contributed by atoms with Crippen LogP contribution in [0.15, 0.2) is 6.20 Å². The molecular weight excluding hydrogens is 238 g/mol. The van der Waals surface area contributed by atoms with Gasteiger partial charge in [0.2, 0.25) is 5.28 Å². The molecule has 2 unspecified atom stereocenters. The Kier molecular flexibility index (Phi) is 2.92. The van der Waals surface area contributed by atoms with Crippen LogP contribution >= 0.6 is 11.6 Å². The molecule has 0 radical (unpaired) electrons. The van der Waals surface area contributed by atoms with Crippen LogP contribution in [0.2, 0.25) is 5.28 Å². The largest absolute Gasteiger partial charge is 0.376 e. The SMILES string of the molecule is Cc1cnc(Cl)nc1NC1CCOC1C1CC1. The van der Waals surface area contributed by atoms with Crippen molar-refractivity contribution in [3.8, 4) is 0 Å². The van der Waals surface area contributed by atoms with Crippen molar-refractivity contribution in [2.75, 3.05) is 11.9 Å². The molecule has 1 saturated heterocycles. The van der Waals surface area contributed by atoms with Gasteiger partial charge in [0.1, 0.15) is 5.82 Å². The maximum Gasteiger partial charge on any atom is 0.224 e. The van der Waals surface area contributed by atoms with Crippen molar-refractivity contribution >= 4 is 17.4 Å². The number of hydrogen-bond acceptors (Lipinski definition) is 4. The first-order chi connectivity index (χ1) is 8.24. The van der Waals surface area contributed by atoms with Crippen molar-refractivity contribution in [3.05, 3.63) is 17.0 Å². The highest BCUT2D eigenvalue weighted by Crippen LogP contribution is 2.39. The van der Waals surface area contributed by atoms with Gasteiger partial charge in [0.15, 0.2) is 0 Å². The highest BCUT2D eigenvalue weighted by atomic mass is 35.5. The fraction of sp³-hybridized carbons (Fsp3) is 0.667. The van der Waals surface area contributed by atoms with Gasteiger partial charge in [-0.1, -0.05) is 0 Å². The van der Waals surface area contributed by atoms with E-state index in [-0.39, 0.29) is 0 Å². The zero-order chi connectivity index (χ0) is 11.8. The average Bonchev–Trinajstić information content (AvgIpc) is 3.05. The molecule has 2 aliphatic rings. The van der Waals surface area contributed by atoms with E-state index in [9.17, 15) is 0 Å². The molecule has 1 aromatic rings. The van der Waals surface area contributed by atoms with E-state index in [1.807, 2.05) is 6.92 Å². The van der Waals surface area contributed by atoms with Crippen LogP contribution in [0, 0.1) is 12.8 Å². The van der Waals surface area contributed by atoms with E-state index < -0.39 is 0 Å². The molecule has 1 aliphatic carbocycles. The lowest BCUT2D eigenvalue weighted by atomic mass is 10.1. The van der Waals surface area contributed by atoms with Crippen molar-refractivity contribution < 1.29 is 4.74 Å². The second-order valence-corrected chi connectivity index (χ2v) is 5.22. The van der Waals surface area contributed by atoms with Gasteiger partial charge >= 0.3 is 0 Å². The summed E-state index contributed by atoms with van der Waals surface area (Å²) in [5, 5.41) is 3.75. The molecule has 2 heterocycles. The van der Waals surface area contributed by atoms with Crippen LogP contribution in [-0.2, 0) is 4.74 Å². The van der Waals surface area contributed by atoms with Gasteiger partial charge in [0.25, 0.3) is 0 Å². The zero-order valence-electron chi connectivity index (χ0n) is 9.82. The number of nitrogens with one attached hydrogen (secondary N) is 1. The van der Waals surface area contributed by atoms with Gasteiger partial charge in [-0.2, -0.15) is 0 Å². The van der Waals surface area contributed by atoms with Gasteiger partial charge in [-0.25, -0.2) is 9.97 Å². The maximum absolute atomic E-state index is 5.82. The van der Waals surface area contributed by atoms with Crippen molar-refractivity contribution in [2.24, 2.45) is 5.92 Å². The molecule has 1 aromatic heterocycles. The number of aryl methyl sites for hydroxylation is 1. The third-order valence-electron chi connectivity index (χ3n) is 3.49. The van der Waals surface area contributed by atoms with Crippen LogP contribution in [-0.4, -0.2) is 28.7 Å². The van der Waals surface area contributed by atoms with Crippen LogP contribution in [0.5, 0.6) is 0 Å². The quantitative estimate of drug-likeness (QED) is 0.841. The topological polar surface area (TPSA) is 47.0 Å². The Hall–Kier alpha value is -0.870. The lowest BCUT2D eigenvalue weighted by molar-refractivity contribution is 0.0898. The number of nitrogens with zero attached hydrogens (tertiary/aromatic N) is 2. The Balaban J connectivity index is 1.74. The summed E-state index contributed by atoms with van der Waals surface area (Å²) < 4.78 is 5.79. The molecule has 1 saturated carbocycles. The minimum Gasteiger partial charge on any atom is -0.376 e. The third kappa shape index (κ3) is 2.38. The Morgan fingerprint density at radius 2 is 2.24 bits per heavy atom. The predicted molar refractivity (Wildman–Crippen MR) is 66.3 cm³/mol. The number of anilines is 1. The number of hydrogen-bond donors (Lipinski definition) is 1. The van der Waals surface area contributed by atoms with Crippen LogP contribution in [0.3, 0.4) is 0 Å². The summed E-state index contributed by atoms with van der Waals surface area (Å²) in [6.07, 6.45) is 5.74. The molecule has 4 nitrogen and oxygen atoms in total. The summed E-state index contributed by atoms with van der Waals surface area (Å²) in [6, 6.07) is 0.368. The zero-order valence-corrected chi connectivity index (χ0v) is 10.6. The molecular formula is C12H16ClN3O. The van der Waals surface area contributed by atoms with E-state index in [0.717, 1.165) is 30.3 Å². The molecule has 5 heteroatoms. The first-order valence-corrected chi connectivity index (χ1v) is 6.49. The van der Waals surface area contributed by atoms with Crippen LogP contribution in [0.1, 0.15) is 24.8 Å². The Bertz CT molecular complexity index is 422. The van der Waals surface area contributed by atoms with E-state index in [2.05, 4.69) is 15.3 Å². The second-order valence-electron chi connectivity index (χ2n) is 4.88. The van der Waals surface area contributed by atoms with E-state index in [0.29, 0.717) is 17.4 Å². The minimum absolute atomic E-state index is 0.292.